The normalized spacial score (nSPS) is 27.6. The van der Waals surface area contributed by atoms with E-state index in [0.29, 0.717) is 6.42 Å². The molecular formula is C16H27ClN2O. The highest BCUT2D eigenvalue weighted by molar-refractivity contribution is 6.31. The first-order valence-electron chi connectivity index (χ1n) is 7.91. The maximum atomic E-state index is 10.9. The highest BCUT2D eigenvalue weighted by Crippen LogP contribution is 2.35. The smallest absolute Gasteiger partial charge is 0.0850 e. The molecule has 20 heavy (non-hydrogen) atoms. The second-order valence-electron chi connectivity index (χ2n) is 6.29. The molecule has 1 saturated carbocycles. The van der Waals surface area contributed by atoms with Crippen molar-refractivity contribution in [1.29, 1.82) is 0 Å². The van der Waals surface area contributed by atoms with Gasteiger partial charge in [-0.3, -0.25) is 4.68 Å². The molecule has 1 aromatic heterocycles. The first kappa shape index (κ1) is 15.8. The Hall–Kier alpha value is -0.540. The predicted octanol–water partition coefficient (Wildman–Crippen LogP) is 3.90. The average Bonchev–Trinajstić information content (AvgIpc) is 2.61. The Labute approximate surface area is 127 Å². The average molecular weight is 299 g/mol. The summed E-state index contributed by atoms with van der Waals surface area (Å²) >= 11 is 6.41. The lowest BCUT2D eigenvalue weighted by atomic mass is 9.88. The van der Waals surface area contributed by atoms with Crippen molar-refractivity contribution < 1.29 is 5.11 Å². The summed E-state index contributed by atoms with van der Waals surface area (Å²) in [7, 11) is 1.93. The Balaban J connectivity index is 2.14. The summed E-state index contributed by atoms with van der Waals surface area (Å²) in [6.07, 6.45) is 7.95. The number of aryl methyl sites for hydroxylation is 2. The monoisotopic (exact) mass is 298 g/mol. The molecule has 4 heteroatoms. The van der Waals surface area contributed by atoms with Gasteiger partial charge in [-0.1, -0.05) is 44.7 Å². The maximum absolute atomic E-state index is 10.9. The summed E-state index contributed by atoms with van der Waals surface area (Å²) < 4.78 is 1.85. The van der Waals surface area contributed by atoms with E-state index < -0.39 is 5.60 Å². The molecule has 0 aliphatic heterocycles. The number of hydrogen-bond donors (Lipinski definition) is 1. The Morgan fingerprint density at radius 1 is 1.35 bits per heavy atom. The number of nitrogens with zero attached hydrogens (tertiary/aromatic N) is 2. The molecular weight excluding hydrogens is 272 g/mol. The van der Waals surface area contributed by atoms with Crippen LogP contribution in [0.15, 0.2) is 0 Å². The van der Waals surface area contributed by atoms with Gasteiger partial charge in [-0.05, 0) is 31.6 Å². The number of aromatic nitrogens is 2. The van der Waals surface area contributed by atoms with E-state index in [9.17, 15) is 5.11 Å². The highest BCUT2D eigenvalue weighted by Gasteiger charge is 2.32. The van der Waals surface area contributed by atoms with E-state index in [2.05, 4.69) is 18.9 Å². The molecule has 2 rings (SSSR count). The van der Waals surface area contributed by atoms with Gasteiger partial charge in [-0.15, -0.1) is 0 Å². The van der Waals surface area contributed by atoms with Crippen molar-refractivity contribution >= 4 is 11.6 Å². The van der Waals surface area contributed by atoms with Gasteiger partial charge >= 0.3 is 0 Å². The van der Waals surface area contributed by atoms with Crippen molar-refractivity contribution in [2.45, 2.75) is 70.8 Å². The molecule has 0 saturated heterocycles. The molecule has 0 spiro atoms. The van der Waals surface area contributed by atoms with Gasteiger partial charge in [0.05, 0.1) is 22.0 Å². The van der Waals surface area contributed by atoms with Crippen LogP contribution in [0.4, 0.5) is 0 Å². The molecule has 0 aromatic carbocycles. The van der Waals surface area contributed by atoms with Crippen molar-refractivity contribution in [3.05, 3.63) is 16.4 Å². The zero-order valence-electron chi connectivity index (χ0n) is 13.0. The first-order chi connectivity index (χ1) is 9.49. The van der Waals surface area contributed by atoms with Gasteiger partial charge in [0, 0.05) is 13.5 Å². The molecule has 2 atom stereocenters. The van der Waals surface area contributed by atoms with Gasteiger partial charge in [0.25, 0.3) is 0 Å². The molecule has 2 unspecified atom stereocenters. The summed E-state index contributed by atoms with van der Waals surface area (Å²) in [4.78, 5) is 0. The van der Waals surface area contributed by atoms with Gasteiger partial charge in [0.15, 0.2) is 0 Å². The maximum Gasteiger partial charge on any atom is 0.0850 e. The summed E-state index contributed by atoms with van der Waals surface area (Å²) in [5.41, 5.74) is 1.32. The largest absolute Gasteiger partial charge is 0.389 e. The van der Waals surface area contributed by atoms with E-state index in [0.717, 1.165) is 54.4 Å². The molecule has 0 radical (unpaired) electrons. The van der Waals surface area contributed by atoms with E-state index in [1.807, 2.05) is 11.7 Å². The highest BCUT2D eigenvalue weighted by atomic mass is 35.5. The van der Waals surface area contributed by atoms with E-state index in [1.54, 1.807) is 0 Å². The van der Waals surface area contributed by atoms with Gasteiger partial charge < -0.3 is 5.11 Å². The van der Waals surface area contributed by atoms with Crippen LogP contribution in [0.2, 0.25) is 5.02 Å². The minimum atomic E-state index is -0.605. The van der Waals surface area contributed by atoms with Crippen LogP contribution in [0.1, 0.15) is 63.8 Å². The summed E-state index contributed by atoms with van der Waals surface area (Å²) in [6, 6.07) is 0. The minimum absolute atomic E-state index is 0.605. The summed E-state index contributed by atoms with van der Waals surface area (Å²) in [6.45, 7) is 4.31. The molecule has 3 nitrogen and oxygen atoms in total. The Kier molecular flexibility index (Phi) is 5.14. The Morgan fingerprint density at radius 2 is 2.10 bits per heavy atom. The first-order valence-corrected chi connectivity index (χ1v) is 8.29. The zero-order valence-corrected chi connectivity index (χ0v) is 13.7. The molecule has 1 heterocycles. The third-order valence-electron chi connectivity index (χ3n) is 4.85. The lowest BCUT2D eigenvalue weighted by Crippen LogP contribution is -2.31. The minimum Gasteiger partial charge on any atom is -0.389 e. The molecule has 0 bridgehead atoms. The Bertz CT molecular complexity index is 458. The quantitative estimate of drug-likeness (QED) is 0.856. The van der Waals surface area contributed by atoms with Crippen molar-refractivity contribution in [2.24, 2.45) is 13.0 Å². The van der Waals surface area contributed by atoms with Gasteiger partial charge in [0.1, 0.15) is 0 Å². The molecule has 1 aromatic rings. The third kappa shape index (κ3) is 3.37. The molecule has 1 N–H and O–H groups in total. The third-order valence-corrected chi connectivity index (χ3v) is 5.29. The van der Waals surface area contributed by atoms with Crippen LogP contribution in [0.25, 0.3) is 0 Å². The second-order valence-corrected chi connectivity index (χ2v) is 6.67. The van der Waals surface area contributed by atoms with Crippen molar-refractivity contribution in [3.63, 3.8) is 0 Å². The predicted molar refractivity (Wildman–Crippen MR) is 83.1 cm³/mol. The lowest BCUT2D eigenvalue weighted by molar-refractivity contribution is 0.0225. The second kappa shape index (κ2) is 6.48. The van der Waals surface area contributed by atoms with Gasteiger partial charge in [-0.25, -0.2) is 0 Å². The molecule has 1 aliphatic rings. The molecule has 0 amide bonds. The van der Waals surface area contributed by atoms with Crippen LogP contribution >= 0.6 is 11.6 Å². The fourth-order valence-corrected chi connectivity index (χ4v) is 3.73. The molecule has 114 valence electrons. The van der Waals surface area contributed by atoms with E-state index in [1.165, 1.54) is 12.8 Å². The fraction of sp³-hybridized carbons (Fsp3) is 0.812. The summed E-state index contributed by atoms with van der Waals surface area (Å²) in [5, 5.41) is 16.2. The van der Waals surface area contributed by atoms with Gasteiger partial charge in [0.2, 0.25) is 0 Å². The fourth-order valence-electron chi connectivity index (χ4n) is 3.37. The van der Waals surface area contributed by atoms with Crippen molar-refractivity contribution in [1.82, 2.24) is 9.78 Å². The van der Waals surface area contributed by atoms with Crippen LogP contribution in [0, 0.1) is 5.92 Å². The summed E-state index contributed by atoms with van der Waals surface area (Å²) in [5.74, 6) is 0.775. The topological polar surface area (TPSA) is 38.0 Å². The number of aliphatic hydroxyl groups is 1. The molecule has 1 aliphatic carbocycles. The van der Waals surface area contributed by atoms with E-state index in [-0.39, 0.29) is 0 Å². The van der Waals surface area contributed by atoms with Crippen molar-refractivity contribution in [3.8, 4) is 0 Å². The van der Waals surface area contributed by atoms with Crippen LogP contribution in [0.5, 0.6) is 0 Å². The Morgan fingerprint density at radius 3 is 2.70 bits per heavy atom. The van der Waals surface area contributed by atoms with Crippen LogP contribution < -0.4 is 0 Å². The lowest BCUT2D eigenvalue weighted by Gasteiger charge is -2.27. The van der Waals surface area contributed by atoms with Crippen LogP contribution in [-0.4, -0.2) is 20.5 Å². The molecule has 1 fully saturated rings. The standard InChI is InChI=1S/C16H27ClN2O/c1-4-12-7-6-9-16(20,10-8-12)11-14-15(17)13(5-2)18-19(14)3/h12,20H,4-11H2,1-3H3. The zero-order chi connectivity index (χ0) is 14.8. The SMILES string of the molecule is CCc1nn(C)c(CC2(O)CCCC(CC)CC2)c1Cl. The van der Waals surface area contributed by atoms with Gasteiger partial charge in [-0.2, -0.15) is 5.10 Å². The number of hydrogen-bond acceptors (Lipinski definition) is 2. The van der Waals surface area contributed by atoms with Crippen molar-refractivity contribution in [2.75, 3.05) is 0 Å². The van der Waals surface area contributed by atoms with Crippen LogP contribution in [-0.2, 0) is 19.9 Å². The number of halogens is 1. The number of rotatable bonds is 4. The van der Waals surface area contributed by atoms with Crippen LogP contribution in [0.3, 0.4) is 0 Å². The van der Waals surface area contributed by atoms with E-state index >= 15 is 0 Å². The van der Waals surface area contributed by atoms with E-state index in [4.69, 9.17) is 11.6 Å².